The zero-order valence-electron chi connectivity index (χ0n) is 18.8. The normalized spacial score (nSPS) is 12.5. The number of nitrogens with two attached hydrogens (primary N) is 2. The van der Waals surface area contributed by atoms with E-state index in [2.05, 4.69) is 5.10 Å². The van der Waals surface area contributed by atoms with Crippen LogP contribution in [0, 0.1) is 0 Å². The first-order chi connectivity index (χ1) is 17.4. The molecule has 4 N–H and O–H groups in total. The molecule has 192 valence electrons. The third kappa shape index (κ3) is 6.04. The van der Waals surface area contributed by atoms with Crippen LogP contribution < -0.4 is 21.3 Å². The summed E-state index contributed by atoms with van der Waals surface area (Å²) in [4.78, 5) is 0. The molecule has 1 heterocycles. The molecule has 1 aromatic heterocycles. The summed E-state index contributed by atoms with van der Waals surface area (Å²) in [5.74, 6) is 7.31. The number of nitrogens with zero attached hydrogens (tertiary/aromatic N) is 3. The fraction of sp³-hybridized carbons (Fsp3) is 0.0800. The summed E-state index contributed by atoms with van der Waals surface area (Å²) < 4.78 is 84.6. The van der Waals surface area contributed by atoms with Crippen molar-refractivity contribution in [2.75, 3.05) is 5.01 Å². The van der Waals surface area contributed by atoms with E-state index >= 15 is 0 Å². The van der Waals surface area contributed by atoms with Gasteiger partial charge >= 0.3 is 12.4 Å². The highest BCUT2D eigenvalue weighted by Gasteiger charge is 2.42. The molecule has 37 heavy (non-hydrogen) atoms. The van der Waals surface area contributed by atoms with Gasteiger partial charge in [-0.1, -0.05) is 30.3 Å². The molecule has 4 aromatic rings. The van der Waals surface area contributed by atoms with Crippen LogP contribution in [-0.2, 0) is 12.4 Å². The van der Waals surface area contributed by atoms with E-state index in [1.54, 1.807) is 24.3 Å². The average Bonchev–Trinajstić information content (AvgIpc) is 3.32. The number of rotatable bonds is 6. The SMILES string of the molecule is N/C(=C\N(N)c1ccc(Oc2ccccc2)cc1)c1ccc(-n2nc(C(F)(F)F)cc2C(F)(F)F)cc1. The van der Waals surface area contributed by atoms with Crippen molar-refractivity contribution >= 4 is 11.4 Å². The third-order valence-corrected chi connectivity index (χ3v) is 5.13. The quantitative estimate of drug-likeness (QED) is 0.177. The van der Waals surface area contributed by atoms with E-state index in [0.717, 1.165) is 0 Å². The Morgan fingerprint density at radius 2 is 1.41 bits per heavy atom. The van der Waals surface area contributed by atoms with E-state index in [-0.39, 0.29) is 22.1 Å². The van der Waals surface area contributed by atoms with Gasteiger partial charge in [-0.05, 0) is 54.1 Å². The molecule has 0 atom stereocenters. The van der Waals surface area contributed by atoms with E-state index in [4.69, 9.17) is 16.3 Å². The molecule has 0 radical (unpaired) electrons. The first kappa shape index (κ1) is 25.6. The minimum absolute atomic E-state index is 0.0371. The van der Waals surface area contributed by atoms with Crippen molar-refractivity contribution in [3.63, 3.8) is 0 Å². The summed E-state index contributed by atoms with van der Waals surface area (Å²) in [7, 11) is 0. The molecule has 6 nitrogen and oxygen atoms in total. The standard InChI is InChI=1S/C25H19F6N5O/c26-24(27,28)22-14-23(25(29,30)31)36(34-22)18-8-6-16(7-9-18)21(32)15-35(33)17-10-12-20(13-11-17)37-19-4-2-1-3-5-19/h1-15H,32-33H2/b21-15-. The van der Waals surface area contributed by atoms with Crippen LogP contribution in [-0.4, -0.2) is 9.78 Å². The Hall–Kier alpha value is -4.45. The topological polar surface area (TPSA) is 82.3 Å². The van der Waals surface area contributed by atoms with Crippen LogP contribution in [0.15, 0.2) is 91.1 Å². The molecule has 0 aliphatic carbocycles. The van der Waals surface area contributed by atoms with Gasteiger partial charge in [0, 0.05) is 12.3 Å². The second-order valence-electron chi connectivity index (χ2n) is 7.77. The Labute approximate surface area is 206 Å². The van der Waals surface area contributed by atoms with Crippen molar-refractivity contribution in [2.24, 2.45) is 11.6 Å². The number of aromatic nitrogens is 2. The summed E-state index contributed by atoms with van der Waals surface area (Å²) in [5.41, 5.74) is 3.75. The van der Waals surface area contributed by atoms with E-state index < -0.39 is 23.7 Å². The van der Waals surface area contributed by atoms with Crippen molar-refractivity contribution < 1.29 is 31.1 Å². The van der Waals surface area contributed by atoms with E-state index in [9.17, 15) is 26.3 Å². The summed E-state index contributed by atoms with van der Waals surface area (Å²) in [6.07, 6.45) is -8.69. The second-order valence-corrected chi connectivity index (χ2v) is 7.77. The fourth-order valence-corrected chi connectivity index (χ4v) is 3.32. The average molecular weight is 519 g/mol. The van der Waals surface area contributed by atoms with E-state index in [1.807, 2.05) is 30.3 Å². The van der Waals surface area contributed by atoms with Gasteiger partial charge in [-0.2, -0.15) is 31.4 Å². The number of anilines is 1. The summed E-state index contributed by atoms with van der Waals surface area (Å²) in [6, 6.07) is 21.0. The number of hydrogen-bond donors (Lipinski definition) is 2. The maximum absolute atomic E-state index is 13.3. The van der Waals surface area contributed by atoms with Crippen molar-refractivity contribution in [3.8, 4) is 17.2 Å². The molecule has 0 aliphatic rings. The number of alkyl halides is 6. The van der Waals surface area contributed by atoms with Gasteiger partial charge in [0.1, 0.15) is 17.2 Å². The van der Waals surface area contributed by atoms with Crippen LogP contribution >= 0.6 is 0 Å². The molecule has 0 bridgehead atoms. The predicted octanol–water partition coefficient (Wildman–Crippen LogP) is 6.34. The molecule has 4 rings (SSSR count). The van der Waals surface area contributed by atoms with Gasteiger partial charge < -0.3 is 10.5 Å². The molecule has 3 aromatic carbocycles. The van der Waals surface area contributed by atoms with Crippen LogP contribution in [0.1, 0.15) is 17.0 Å². The van der Waals surface area contributed by atoms with Gasteiger partial charge in [-0.25, -0.2) is 10.5 Å². The lowest BCUT2D eigenvalue weighted by atomic mass is 10.1. The Bertz CT molecular complexity index is 1380. The number of hydrazine groups is 1. The van der Waals surface area contributed by atoms with Gasteiger partial charge in [0.15, 0.2) is 5.69 Å². The maximum atomic E-state index is 13.3. The Balaban J connectivity index is 1.51. The first-order valence-corrected chi connectivity index (χ1v) is 10.6. The largest absolute Gasteiger partial charge is 0.457 e. The molecular weight excluding hydrogens is 500 g/mol. The molecule has 0 saturated carbocycles. The molecule has 12 heteroatoms. The van der Waals surface area contributed by atoms with Gasteiger partial charge in [-0.15, -0.1) is 0 Å². The van der Waals surface area contributed by atoms with Crippen LogP contribution in [0.3, 0.4) is 0 Å². The van der Waals surface area contributed by atoms with Crippen LogP contribution in [0.25, 0.3) is 11.4 Å². The van der Waals surface area contributed by atoms with E-state index in [0.29, 0.717) is 22.7 Å². The monoisotopic (exact) mass is 519 g/mol. The van der Waals surface area contributed by atoms with Gasteiger partial charge in [0.05, 0.1) is 17.1 Å². The van der Waals surface area contributed by atoms with E-state index in [1.165, 1.54) is 35.5 Å². The summed E-state index contributed by atoms with van der Waals surface area (Å²) in [5, 5.41) is 4.34. The Morgan fingerprint density at radius 3 is 1.97 bits per heavy atom. The molecule has 0 saturated heterocycles. The highest BCUT2D eigenvalue weighted by molar-refractivity contribution is 5.67. The molecule has 0 fully saturated rings. The van der Waals surface area contributed by atoms with Crippen molar-refractivity contribution in [1.82, 2.24) is 9.78 Å². The number of para-hydroxylation sites is 1. The molecule has 0 spiro atoms. The Kier molecular flexibility index (Phi) is 6.86. The number of ether oxygens (including phenoxy) is 1. The summed E-state index contributed by atoms with van der Waals surface area (Å²) >= 11 is 0. The third-order valence-electron chi connectivity index (χ3n) is 5.13. The molecule has 0 aliphatic heterocycles. The number of benzene rings is 3. The number of hydrogen-bond acceptors (Lipinski definition) is 5. The zero-order chi connectivity index (χ0) is 26.8. The van der Waals surface area contributed by atoms with Crippen molar-refractivity contribution in [2.45, 2.75) is 12.4 Å². The van der Waals surface area contributed by atoms with Crippen molar-refractivity contribution in [3.05, 3.63) is 108 Å². The lowest BCUT2D eigenvalue weighted by molar-refractivity contribution is -0.143. The lowest BCUT2D eigenvalue weighted by Crippen LogP contribution is -2.25. The summed E-state index contributed by atoms with van der Waals surface area (Å²) in [6.45, 7) is 0. The number of halogens is 6. The first-order valence-electron chi connectivity index (χ1n) is 10.6. The molecular formula is C25H19F6N5O. The van der Waals surface area contributed by atoms with Crippen LogP contribution in [0.4, 0.5) is 32.0 Å². The van der Waals surface area contributed by atoms with Gasteiger partial charge in [0.25, 0.3) is 0 Å². The van der Waals surface area contributed by atoms with Gasteiger partial charge in [0.2, 0.25) is 0 Å². The molecule has 0 unspecified atom stereocenters. The van der Waals surface area contributed by atoms with Crippen LogP contribution in [0.2, 0.25) is 0 Å². The lowest BCUT2D eigenvalue weighted by Gasteiger charge is -2.16. The predicted molar refractivity (Wildman–Crippen MR) is 125 cm³/mol. The minimum Gasteiger partial charge on any atom is -0.457 e. The molecule has 0 amide bonds. The Morgan fingerprint density at radius 1 is 0.811 bits per heavy atom. The maximum Gasteiger partial charge on any atom is 0.435 e. The second kappa shape index (κ2) is 9.90. The highest BCUT2D eigenvalue weighted by atomic mass is 19.4. The van der Waals surface area contributed by atoms with Crippen LogP contribution in [0.5, 0.6) is 11.5 Å². The van der Waals surface area contributed by atoms with Crippen molar-refractivity contribution in [1.29, 1.82) is 0 Å². The van der Waals surface area contributed by atoms with Gasteiger partial charge in [-0.3, -0.25) is 5.01 Å². The minimum atomic E-state index is -5.05. The zero-order valence-corrected chi connectivity index (χ0v) is 18.8. The fourth-order valence-electron chi connectivity index (χ4n) is 3.32. The smallest absolute Gasteiger partial charge is 0.435 e. The highest BCUT2D eigenvalue weighted by Crippen LogP contribution is 2.36.